The molecule has 8 nitrogen and oxygen atoms in total. The number of aromatic nitrogens is 3. The van der Waals surface area contributed by atoms with Crippen LogP contribution in [0.15, 0.2) is 77.7 Å². The van der Waals surface area contributed by atoms with Gasteiger partial charge in [-0.05, 0) is 55.0 Å². The van der Waals surface area contributed by atoms with E-state index in [2.05, 4.69) is 14.9 Å². The van der Waals surface area contributed by atoms with Gasteiger partial charge in [0.15, 0.2) is 5.82 Å². The second-order valence-corrected chi connectivity index (χ2v) is 10.4. The predicted octanol–water partition coefficient (Wildman–Crippen LogP) is 5.77. The van der Waals surface area contributed by atoms with Gasteiger partial charge in [0.05, 0.1) is 28.2 Å². The summed E-state index contributed by atoms with van der Waals surface area (Å²) >= 11 is 12.0. The van der Waals surface area contributed by atoms with Crippen LogP contribution in [0.1, 0.15) is 24.4 Å². The first-order chi connectivity index (χ1) is 17.8. The van der Waals surface area contributed by atoms with Crippen LogP contribution < -0.4 is 9.46 Å². The minimum Gasteiger partial charge on any atom is -0.424 e. The minimum atomic E-state index is -4.06. The third-order valence-corrected chi connectivity index (χ3v) is 7.50. The molecule has 0 aliphatic rings. The molecule has 0 bridgehead atoms. The maximum atomic E-state index is 13.3. The molecule has 4 aromatic rings. The largest absolute Gasteiger partial charge is 0.424 e. The van der Waals surface area contributed by atoms with Crippen molar-refractivity contribution in [2.45, 2.75) is 31.0 Å². The lowest BCUT2D eigenvalue weighted by atomic mass is 10.2. The van der Waals surface area contributed by atoms with Gasteiger partial charge < -0.3 is 9.47 Å². The Hall–Kier alpha value is -3.02. The molecule has 0 amide bonds. The predicted molar refractivity (Wildman–Crippen MR) is 138 cm³/mol. The fourth-order valence-corrected chi connectivity index (χ4v) is 5.04. The zero-order valence-corrected chi connectivity index (χ0v) is 22.0. The van der Waals surface area contributed by atoms with Crippen LogP contribution in [-0.4, -0.2) is 29.8 Å². The van der Waals surface area contributed by atoms with Crippen LogP contribution in [0.5, 0.6) is 11.8 Å². The van der Waals surface area contributed by atoms with E-state index in [4.69, 9.17) is 32.7 Å². The molecule has 1 aromatic heterocycles. The van der Waals surface area contributed by atoms with Crippen molar-refractivity contribution in [2.75, 3.05) is 6.61 Å². The number of rotatable bonds is 11. The maximum Gasteiger partial charge on any atom is 0.322 e. The van der Waals surface area contributed by atoms with Crippen LogP contribution in [0, 0.1) is 5.82 Å². The highest BCUT2D eigenvalue weighted by Crippen LogP contribution is 2.27. The maximum absolute atomic E-state index is 13.3. The SMILES string of the molecule is CCn1c(Oc2ccc(F)cc2)nnc1[C@@H](COCc1ccccc1)NS(=O)(=O)c1ccc(Cl)c(Cl)c1. The summed E-state index contributed by atoms with van der Waals surface area (Å²) in [5.41, 5.74) is 0.922. The highest BCUT2D eigenvalue weighted by atomic mass is 35.5. The van der Waals surface area contributed by atoms with Crippen LogP contribution >= 0.6 is 23.2 Å². The highest BCUT2D eigenvalue weighted by Gasteiger charge is 2.28. The molecule has 12 heteroatoms. The lowest BCUT2D eigenvalue weighted by Crippen LogP contribution is -2.33. The van der Waals surface area contributed by atoms with E-state index in [9.17, 15) is 12.8 Å². The first kappa shape index (κ1) is 27.0. The van der Waals surface area contributed by atoms with Crippen LogP contribution in [0.2, 0.25) is 10.0 Å². The van der Waals surface area contributed by atoms with E-state index in [0.717, 1.165) is 5.56 Å². The second kappa shape index (κ2) is 12.0. The molecule has 0 unspecified atom stereocenters. The third kappa shape index (κ3) is 6.85. The zero-order valence-electron chi connectivity index (χ0n) is 19.6. The lowest BCUT2D eigenvalue weighted by molar-refractivity contribution is 0.101. The molecule has 0 spiro atoms. The Morgan fingerprint density at radius 1 is 1.00 bits per heavy atom. The molecule has 0 fully saturated rings. The van der Waals surface area contributed by atoms with Gasteiger partial charge >= 0.3 is 6.01 Å². The number of benzene rings is 3. The van der Waals surface area contributed by atoms with Crippen molar-refractivity contribution >= 4 is 33.2 Å². The number of nitrogens with zero attached hydrogens (tertiary/aromatic N) is 3. The van der Waals surface area contributed by atoms with Crippen molar-refractivity contribution in [3.8, 4) is 11.8 Å². The molecule has 194 valence electrons. The molecule has 37 heavy (non-hydrogen) atoms. The van der Waals surface area contributed by atoms with E-state index in [1.54, 1.807) is 4.57 Å². The van der Waals surface area contributed by atoms with E-state index in [1.807, 2.05) is 37.3 Å². The van der Waals surface area contributed by atoms with Gasteiger partial charge in [0.2, 0.25) is 10.0 Å². The number of hydrogen-bond donors (Lipinski definition) is 1. The second-order valence-electron chi connectivity index (χ2n) is 7.89. The van der Waals surface area contributed by atoms with Gasteiger partial charge in [0.25, 0.3) is 0 Å². The van der Waals surface area contributed by atoms with Crippen molar-refractivity contribution in [2.24, 2.45) is 0 Å². The molecule has 1 heterocycles. The van der Waals surface area contributed by atoms with Crippen molar-refractivity contribution in [3.63, 3.8) is 0 Å². The first-order valence-corrected chi connectivity index (χ1v) is 13.5. The monoisotopic (exact) mass is 564 g/mol. The third-order valence-electron chi connectivity index (χ3n) is 5.29. The van der Waals surface area contributed by atoms with Crippen LogP contribution in [0.4, 0.5) is 4.39 Å². The Kier molecular flexibility index (Phi) is 8.78. The molecule has 0 aliphatic carbocycles. The molecular weight excluding hydrogens is 542 g/mol. The van der Waals surface area contributed by atoms with Gasteiger partial charge in [-0.2, -0.15) is 4.72 Å². The van der Waals surface area contributed by atoms with Crippen LogP contribution in [0.25, 0.3) is 0 Å². The smallest absolute Gasteiger partial charge is 0.322 e. The van der Waals surface area contributed by atoms with Gasteiger partial charge in [-0.1, -0.05) is 58.6 Å². The number of hydrogen-bond acceptors (Lipinski definition) is 6. The molecule has 0 saturated heterocycles. The van der Waals surface area contributed by atoms with Crippen molar-refractivity contribution in [3.05, 3.63) is 100 Å². The Bertz CT molecular complexity index is 1450. The van der Waals surface area contributed by atoms with E-state index >= 15 is 0 Å². The Balaban J connectivity index is 1.62. The van der Waals surface area contributed by atoms with E-state index in [1.165, 1.54) is 42.5 Å². The summed E-state index contributed by atoms with van der Waals surface area (Å²) < 4.78 is 55.7. The van der Waals surface area contributed by atoms with Crippen molar-refractivity contribution < 1.29 is 22.3 Å². The summed E-state index contributed by atoms with van der Waals surface area (Å²) in [6, 6.07) is 18.1. The van der Waals surface area contributed by atoms with Crippen molar-refractivity contribution in [1.82, 2.24) is 19.5 Å². The standard InChI is InChI=1S/C25H23Cl2FN4O4S/c1-2-32-24(29-30-25(32)36-19-10-8-18(28)9-11-19)23(16-35-15-17-6-4-3-5-7-17)31-37(33,34)20-12-13-21(26)22(27)14-20/h3-14,23,31H,2,15-16H2,1H3/t23-/m1/s1. The Morgan fingerprint density at radius 2 is 1.73 bits per heavy atom. The average molecular weight is 565 g/mol. The summed E-state index contributed by atoms with van der Waals surface area (Å²) in [6.07, 6.45) is 0. The topological polar surface area (TPSA) is 95.3 Å². The van der Waals surface area contributed by atoms with E-state index in [0.29, 0.717) is 12.3 Å². The Labute approximate surface area is 224 Å². The summed E-state index contributed by atoms with van der Waals surface area (Å²) in [6.45, 7) is 2.40. The van der Waals surface area contributed by atoms with Gasteiger partial charge in [-0.15, -0.1) is 5.10 Å². The van der Waals surface area contributed by atoms with Crippen molar-refractivity contribution in [1.29, 1.82) is 0 Å². The number of nitrogens with one attached hydrogen (secondary N) is 1. The number of sulfonamides is 1. The zero-order chi connectivity index (χ0) is 26.4. The summed E-state index contributed by atoms with van der Waals surface area (Å²) in [5.74, 6) is 0.219. The minimum absolute atomic E-state index is 0.0515. The number of ether oxygens (including phenoxy) is 2. The summed E-state index contributed by atoms with van der Waals surface area (Å²) in [5, 5.41) is 8.62. The van der Waals surface area contributed by atoms with Crippen LogP contribution in [0.3, 0.4) is 0 Å². The molecule has 4 rings (SSSR count). The van der Waals surface area contributed by atoms with Gasteiger partial charge in [0, 0.05) is 6.54 Å². The summed E-state index contributed by atoms with van der Waals surface area (Å²) in [7, 11) is -4.06. The molecule has 3 aromatic carbocycles. The Morgan fingerprint density at radius 3 is 2.41 bits per heavy atom. The van der Waals surface area contributed by atoms with Gasteiger partial charge in [-0.25, -0.2) is 12.8 Å². The first-order valence-electron chi connectivity index (χ1n) is 11.2. The molecule has 1 atom stereocenters. The fourth-order valence-electron chi connectivity index (χ4n) is 3.47. The number of halogens is 3. The van der Waals surface area contributed by atoms with Gasteiger partial charge in [-0.3, -0.25) is 4.57 Å². The molecular formula is C25H23Cl2FN4O4S. The van der Waals surface area contributed by atoms with E-state index < -0.39 is 21.9 Å². The van der Waals surface area contributed by atoms with Crippen LogP contribution in [-0.2, 0) is 27.9 Å². The lowest BCUT2D eigenvalue weighted by Gasteiger charge is -2.19. The molecule has 1 N–H and O–H groups in total. The highest BCUT2D eigenvalue weighted by molar-refractivity contribution is 7.89. The quantitative estimate of drug-likeness (QED) is 0.248. The average Bonchev–Trinajstić information content (AvgIpc) is 3.29. The molecule has 0 radical (unpaired) electrons. The fraction of sp³-hybridized carbons (Fsp3) is 0.200. The normalized spacial score (nSPS) is 12.4. The molecule has 0 saturated carbocycles. The van der Waals surface area contributed by atoms with Gasteiger partial charge in [0.1, 0.15) is 17.6 Å². The summed E-state index contributed by atoms with van der Waals surface area (Å²) in [4.78, 5) is -0.0692. The van der Waals surface area contributed by atoms with E-state index in [-0.39, 0.29) is 40.0 Å². The molecule has 0 aliphatic heterocycles.